The van der Waals surface area contributed by atoms with E-state index in [0.29, 0.717) is 16.9 Å². The van der Waals surface area contributed by atoms with Gasteiger partial charge in [-0.3, -0.25) is 0 Å². The predicted octanol–water partition coefficient (Wildman–Crippen LogP) is 12.2. The summed E-state index contributed by atoms with van der Waals surface area (Å²) < 4.78 is 4.40. The number of benzene rings is 7. The van der Waals surface area contributed by atoms with Crippen molar-refractivity contribution in [3.05, 3.63) is 180 Å². The van der Waals surface area contributed by atoms with Crippen molar-refractivity contribution < 1.29 is 0 Å². The molecule has 0 amide bonds. The maximum absolute atomic E-state index is 10.9. The third-order valence-corrected chi connectivity index (χ3v) is 9.63. The summed E-state index contributed by atoms with van der Waals surface area (Å²) in [6.45, 7) is 15.9. The lowest BCUT2D eigenvalue weighted by molar-refractivity contribution is 1.17. The molecule has 0 spiro atoms. The molecule has 9 aromatic rings. The Morgan fingerprint density at radius 3 is 1.64 bits per heavy atom. The first-order valence-corrected chi connectivity index (χ1v) is 16.2. The Hall–Kier alpha value is -7.39. The third kappa shape index (κ3) is 4.17. The molecule has 2 aromatic heterocycles. The van der Waals surface area contributed by atoms with E-state index in [1.165, 1.54) is 0 Å². The molecule has 0 N–H and O–H groups in total. The van der Waals surface area contributed by atoms with Gasteiger partial charge in [0, 0.05) is 21.7 Å². The lowest BCUT2D eigenvalue weighted by Gasteiger charge is -2.20. The minimum Gasteiger partial charge on any atom is -0.309 e. The maximum Gasteiger partial charge on any atom is 0.195 e. The monoisotopic (exact) mass is 635 g/mol. The zero-order valence-electron chi connectivity index (χ0n) is 26.7. The van der Waals surface area contributed by atoms with E-state index in [0.717, 1.165) is 77.2 Å². The van der Waals surface area contributed by atoms with Crippen LogP contribution in [0, 0.1) is 24.5 Å². The molecule has 0 aliphatic carbocycles. The van der Waals surface area contributed by atoms with E-state index in [4.69, 9.17) is 13.1 Å². The summed E-state index contributed by atoms with van der Waals surface area (Å²) >= 11 is 0. The molecule has 0 saturated heterocycles. The molecule has 0 fully saturated rings. The van der Waals surface area contributed by atoms with Gasteiger partial charge in [0.25, 0.3) is 0 Å². The lowest BCUT2D eigenvalue weighted by Crippen LogP contribution is -2.01. The first kappa shape index (κ1) is 28.8. The second-order valence-corrected chi connectivity index (χ2v) is 12.2. The Labute approximate surface area is 288 Å². The molecule has 50 heavy (non-hydrogen) atoms. The van der Waals surface area contributed by atoms with Crippen molar-refractivity contribution in [2.45, 2.75) is 0 Å². The minimum absolute atomic E-state index is 0.497. The van der Waals surface area contributed by atoms with Gasteiger partial charge in [0.05, 0.1) is 52.1 Å². The molecule has 2 heterocycles. The molecule has 0 atom stereocenters. The SMILES string of the molecule is [C-]#[N+]c1ccc2c(c1)c1ccccc1n2-c1ccccc1-c1c([N+]#[C-])cccc1-c1cccc(-n2c3ccccc3c3ccccc32)c1C#N. The van der Waals surface area contributed by atoms with Gasteiger partial charge in [-0.25, -0.2) is 9.69 Å². The van der Waals surface area contributed by atoms with E-state index in [2.05, 4.69) is 73.4 Å². The molecule has 0 unspecified atom stereocenters. The van der Waals surface area contributed by atoms with Gasteiger partial charge in [0.2, 0.25) is 0 Å². The summed E-state index contributed by atoms with van der Waals surface area (Å²) in [5.74, 6) is 0. The molecule has 0 bridgehead atoms. The summed E-state index contributed by atoms with van der Waals surface area (Å²) in [7, 11) is 0. The summed E-state index contributed by atoms with van der Waals surface area (Å²) in [6.07, 6.45) is 0. The van der Waals surface area contributed by atoms with Gasteiger partial charge in [-0.1, -0.05) is 109 Å². The van der Waals surface area contributed by atoms with Gasteiger partial charge in [-0.15, -0.1) is 0 Å². The lowest BCUT2D eigenvalue weighted by atomic mass is 9.89. The first-order chi connectivity index (χ1) is 24.7. The number of rotatable bonds is 4. The molecular weight excluding hydrogens is 611 g/mol. The minimum atomic E-state index is 0.497. The molecule has 0 aliphatic heterocycles. The normalized spacial score (nSPS) is 11.1. The number of para-hydroxylation sites is 4. The smallest absolute Gasteiger partial charge is 0.195 e. The maximum atomic E-state index is 10.9. The zero-order chi connectivity index (χ0) is 33.8. The molecule has 0 radical (unpaired) electrons. The van der Waals surface area contributed by atoms with Crippen LogP contribution in [0.2, 0.25) is 0 Å². The summed E-state index contributed by atoms with van der Waals surface area (Å²) in [5.41, 5.74) is 10.5. The number of nitriles is 1. The highest BCUT2D eigenvalue weighted by Gasteiger charge is 2.23. The van der Waals surface area contributed by atoms with E-state index >= 15 is 0 Å². The fourth-order valence-corrected chi connectivity index (χ4v) is 7.56. The number of nitrogens with zero attached hydrogens (tertiary/aromatic N) is 5. The molecule has 9 rings (SSSR count). The predicted molar refractivity (Wildman–Crippen MR) is 203 cm³/mol. The highest BCUT2D eigenvalue weighted by molar-refractivity contribution is 6.12. The first-order valence-electron chi connectivity index (χ1n) is 16.2. The molecule has 7 aromatic carbocycles. The van der Waals surface area contributed by atoms with Gasteiger partial charge in [0.1, 0.15) is 6.07 Å². The molecule has 5 heteroatoms. The fourth-order valence-electron chi connectivity index (χ4n) is 7.56. The second kappa shape index (κ2) is 11.4. The average Bonchev–Trinajstić information content (AvgIpc) is 3.69. The van der Waals surface area contributed by atoms with E-state index in [-0.39, 0.29) is 0 Å². The van der Waals surface area contributed by atoms with Crippen molar-refractivity contribution in [3.8, 4) is 39.7 Å². The van der Waals surface area contributed by atoms with Crippen LogP contribution in [0.1, 0.15) is 5.56 Å². The zero-order valence-corrected chi connectivity index (χ0v) is 26.7. The number of fused-ring (bicyclic) bond motifs is 6. The van der Waals surface area contributed by atoms with Crippen LogP contribution in [0.5, 0.6) is 0 Å². The topological polar surface area (TPSA) is 42.4 Å². The van der Waals surface area contributed by atoms with E-state index in [1.54, 1.807) is 0 Å². The van der Waals surface area contributed by atoms with Gasteiger partial charge in [0.15, 0.2) is 11.4 Å². The second-order valence-electron chi connectivity index (χ2n) is 12.2. The summed E-state index contributed by atoms with van der Waals surface area (Å²) in [6, 6.07) is 53.0. The van der Waals surface area contributed by atoms with Crippen LogP contribution in [0.3, 0.4) is 0 Å². The number of aromatic nitrogens is 2. The van der Waals surface area contributed by atoms with Crippen LogP contribution in [-0.4, -0.2) is 9.13 Å². The van der Waals surface area contributed by atoms with Gasteiger partial charge in [-0.05, 0) is 64.5 Å². The molecule has 0 saturated carbocycles. The standard InChI is InChI=1S/C45H25N5/c1-47-29-25-26-44-36(27-29)33-15-5-9-22-41(33)50(44)42-23-10-6-16-35(42)45-34(18-11-19-38(45)48-2)30-17-12-24-43(37(30)28-46)49-39-20-7-3-13-31(39)32-14-4-8-21-40(32)49/h3-27H. The number of hydrogen-bond donors (Lipinski definition) is 0. The molecule has 230 valence electrons. The van der Waals surface area contributed by atoms with Gasteiger partial charge < -0.3 is 9.13 Å². The van der Waals surface area contributed by atoms with Crippen LogP contribution < -0.4 is 0 Å². The fraction of sp³-hybridized carbons (Fsp3) is 0. The van der Waals surface area contributed by atoms with Crippen molar-refractivity contribution in [3.63, 3.8) is 0 Å². The molecule has 0 aliphatic rings. The largest absolute Gasteiger partial charge is 0.309 e. The van der Waals surface area contributed by atoms with Crippen LogP contribution in [0.15, 0.2) is 152 Å². The molecule has 5 nitrogen and oxygen atoms in total. The number of hydrogen-bond acceptors (Lipinski definition) is 1. The third-order valence-electron chi connectivity index (χ3n) is 9.63. The van der Waals surface area contributed by atoms with Gasteiger partial charge in [-0.2, -0.15) is 5.26 Å². The Morgan fingerprint density at radius 2 is 0.980 bits per heavy atom. The average molecular weight is 636 g/mol. The van der Waals surface area contributed by atoms with E-state index in [9.17, 15) is 5.26 Å². The van der Waals surface area contributed by atoms with Crippen LogP contribution in [-0.2, 0) is 0 Å². The Morgan fingerprint density at radius 1 is 0.460 bits per heavy atom. The highest BCUT2D eigenvalue weighted by Crippen LogP contribution is 2.46. The van der Waals surface area contributed by atoms with Crippen LogP contribution in [0.4, 0.5) is 11.4 Å². The Balaban J connectivity index is 1.34. The van der Waals surface area contributed by atoms with E-state index in [1.807, 2.05) is 103 Å². The highest BCUT2D eigenvalue weighted by atomic mass is 15.0. The van der Waals surface area contributed by atoms with Crippen molar-refractivity contribution in [1.29, 1.82) is 5.26 Å². The van der Waals surface area contributed by atoms with Gasteiger partial charge >= 0.3 is 0 Å². The summed E-state index contributed by atoms with van der Waals surface area (Å²) in [5, 5.41) is 15.2. The van der Waals surface area contributed by atoms with Crippen LogP contribution in [0.25, 0.3) is 86.9 Å². The van der Waals surface area contributed by atoms with Crippen LogP contribution >= 0.6 is 0 Å². The van der Waals surface area contributed by atoms with Crippen molar-refractivity contribution in [2.24, 2.45) is 0 Å². The Bertz CT molecular complexity index is 2920. The van der Waals surface area contributed by atoms with Crippen molar-refractivity contribution >= 4 is 55.0 Å². The van der Waals surface area contributed by atoms with Crippen molar-refractivity contribution in [2.75, 3.05) is 0 Å². The molecular formula is C45H25N5. The van der Waals surface area contributed by atoms with Crippen molar-refractivity contribution in [1.82, 2.24) is 9.13 Å². The quantitative estimate of drug-likeness (QED) is 0.177. The Kier molecular flexibility index (Phi) is 6.56. The summed E-state index contributed by atoms with van der Waals surface area (Å²) in [4.78, 5) is 7.73. The van der Waals surface area contributed by atoms with E-state index < -0.39 is 0 Å².